The predicted octanol–water partition coefficient (Wildman–Crippen LogP) is 0.295. The van der Waals surface area contributed by atoms with Crippen molar-refractivity contribution in [3.63, 3.8) is 0 Å². The lowest BCUT2D eigenvalue weighted by molar-refractivity contribution is -0.0437. The molecule has 0 atom stereocenters. The third-order valence-electron chi connectivity index (χ3n) is 2.20. The highest BCUT2D eigenvalue weighted by molar-refractivity contribution is 7.89. The lowest BCUT2D eigenvalue weighted by Crippen LogP contribution is -2.38. The van der Waals surface area contributed by atoms with Gasteiger partial charge in [0.05, 0.1) is 13.1 Å². The Bertz CT molecular complexity index is 501. The average molecular weight is 298 g/mol. The molecule has 9 heteroatoms. The summed E-state index contributed by atoms with van der Waals surface area (Å²) >= 11 is 0. The van der Waals surface area contributed by atoms with Gasteiger partial charge in [-0.15, -0.1) is 0 Å². The zero-order valence-corrected chi connectivity index (χ0v) is 11.1. The van der Waals surface area contributed by atoms with Gasteiger partial charge >= 0.3 is 0 Å². The summed E-state index contributed by atoms with van der Waals surface area (Å²) in [6.07, 6.45) is 0. The van der Waals surface area contributed by atoms with Crippen LogP contribution in [0.1, 0.15) is 12.7 Å². The molecular weight excluding hydrogens is 282 g/mol. The van der Waals surface area contributed by atoms with Crippen LogP contribution in [0.4, 0.5) is 8.78 Å². The molecule has 0 aliphatic carbocycles. The van der Waals surface area contributed by atoms with E-state index in [2.05, 4.69) is 5.32 Å². The van der Waals surface area contributed by atoms with E-state index >= 15 is 0 Å². The van der Waals surface area contributed by atoms with E-state index in [1.165, 1.54) is 12.1 Å². The highest BCUT2D eigenvalue weighted by atomic mass is 32.2. The van der Waals surface area contributed by atoms with E-state index in [0.717, 1.165) is 0 Å². The van der Waals surface area contributed by atoms with Crippen LogP contribution in [-0.2, 0) is 16.6 Å². The summed E-state index contributed by atoms with van der Waals surface area (Å²) in [5.74, 6) is -3.12. The number of nitrogens with one attached hydrogen (secondary N) is 2. The van der Waals surface area contributed by atoms with Crippen molar-refractivity contribution < 1.29 is 26.7 Å². The molecule has 1 aromatic heterocycles. The molecule has 1 aromatic rings. The van der Waals surface area contributed by atoms with Crippen LogP contribution in [0.5, 0.6) is 0 Å². The minimum absolute atomic E-state index is 0.346. The maximum Gasteiger partial charge on any atom is 0.283 e. The topological polar surface area (TPSA) is 91.6 Å². The summed E-state index contributed by atoms with van der Waals surface area (Å²) in [7, 11) is -4.14. The standard InChI is InChI=1S/C10H16F2N2O4S/c1-2-13-5-8-3-4-9(18-8)19(16,17)14-6-10(11,12)7-15/h3-4,13-15H,2,5-7H2,1H3. The summed E-state index contributed by atoms with van der Waals surface area (Å²) in [6, 6.07) is 2.63. The Morgan fingerprint density at radius 1 is 1.42 bits per heavy atom. The fourth-order valence-corrected chi connectivity index (χ4v) is 2.18. The van der Waals surface area contributed by atoms with Crippen molar-refractivity contribution in [2.45, 2.75) is 24.5 Å². The van der Waals surface area contributed by atoms with Gasteiger partial charge in [-0.25, -0.2) is 21.9 Å². The molecular formula is C10H16F2N2O4S. The third-order valence-corrected chi connectivity index (χ3v) is 3.48. The van der Waals surface area contributed by atoms with E-state index in [9.17, 15) is 17.2 Å². The van der Waals surface area contributed by atoms with Crippen LogP contribution in [0, 0.1) is 0 Å². The molecule has 0 bridgehead atoms. The summed E-state index contributed by atoms with van der Waals surface area (Å²) < 4.78 is 55.5. The van der Waals surface area contributed by atoms with Crippen LogP contribution in [0.3, 0.4) is 0 Å². The summed E-state index contributed by atoms with van der Waals surface area (Å²) in [6.45, 7) is 0.288. The second-order valence-electron chi connectivity index (χ2n) is 3.84. The van der Waals surface area contributed by atoms with Gasteiger partial charge in [0.1, 0.15) is 12.4 Å². The fraction of sp³-hybridized carbons (Fsp3) is 0.600. The third kappa shape index (κ3) is 4.86. The van der Waals surface area contributed by atoms with Crippen molar-refractivity contribution >= 4 is 10.0 Å². The molecule has 0 aliphatic heterocycles. The van der Waals surface area contributed by atoms with Gasteiger partial charge in [0, 0.05) is 0 Å². The van der Waals surface area contributed by atoms with Gasteiger partial charge in [-0.05, 0) is 18.7 Å². The minimum atomic E-state index is -4.14. The van der Waals surface area contributed by atoms with E-state index in [-0.39, 0.29) is 0 Å². The molecule has 6 nitrogen and oxygen atoms in total. The van der Waals surface area contributed by atoms with E-state index in [4.69, 9.17) is 9.52 Å². The number of furan rings is 1. The number of aliphatic hydroxyl groups excluding tert-OH is 1. The Balaban J connectivity index is 2.69. The van der Waals surface area contributed by atoms with Crippen LogP contribution in [0.15, 0.2) is 21.6 Å². The zero-order valence-electron chi connectivity index (χ0n) is 10.3. The summed E-state index contributed by atoms with van der Waals surface area (Å²) in [4.78, 5) is 0. The summed E-state index contributed by atoms with van der Waals surface area (Å²) in [5.41, 5.74) is 0. The van der Waals surface area contributed by atoms with Crippen LogP contribution < -0.4 is 10.0 Å². The Morgan fingerprint density at radius 3 is 2.68 bits per heavy atom. The second kappa shape index (κ2) is 6.42. The SMILES string of the molecule is CCNCc1ccc(S(=O)(=O)NCC(F)(F)CO)o1. The first-order valence-corrected chi connectivity index (χ1v) is 7.07. The Morgan fingerprint density at radius 2 is 2.11 bits per heavy atom. The van der Waals surface area contributed by atoms with Gasteiger partial charge < -0.3 is 14.8 Å². The van der Waals surface area contributed by atoms with Gasteiger partial charge in [0.15, 0.2) is 0 Å². The van der Waals surface area contributed by atoms with Crippen molar-refractivity contribution in [2.75, 3.05) is 19.7 Å². The number of aliphatic hydroxyl groups is 1. The fourth-order valence-electron chi connectivity index (χ4n) is 1.17. The lowest BCUT2D eigenvalue weighted by atomic mass is 10.4. The molecule has 0 saturated heterocycles. The molecule has 0 radical (unpaired) electrons. The Hall–Kier alpha value is -1.03. The highest BCUT2D eigenvalue weighted by Crippen LogP contribution is 2.16. The highest BCUT2D eigenvalue weighted by Gasteiger charge is 2.31. The first-order chi connectivity index (χ1) is 8.80. The molecule has 1 heterocycles. The number of halogens is 2. The molecule has 1 rings (SSSR count). The Labute approximate surface area is 109 Å². The molecule has 0 fully saturated rings. The van der Waals surface area contributed by atoms with Gasteiger partial charge in [0.25, 0.3) is 15.9 Å². The zero-order chi connectivity index (χ0) is 14.5. The Kier molecular flexibility index (Phi) is 5.41. The molecule has 0 amide bonds. The van der Waals surface area contributed by atoms with Crippen LogP contribution in [-0.4, -0.2) is 39.1 Å². The van der Waals surface area contributed by atoms with Crippen LogP contribution in [0.25, 0.3) is 0 Å². The van der Waals surface area contributed by atoms with Gasteiger partial charge in [-0.2, -0.15) is 0 Å². The quantitative estimate of drug-likeness (QED) is 0.642. The maximum absolute atomic E-state index is 12.8. The first kappa shape index (κ1) is 16.0. The number of hydrogen-bond donors (Lipinski definition) is 3. The molecule has 0 saturated carbocycles. The predicted molar refractivity (Wildman–Crippen MR) is 63.3 cm³/mol. The minimum Gasteiger partial charge on any atom is -0.447 e. The van der Waals surface area contributed by atoms with E-state index in [1.807, 2.05) is 6.92 Å². The van der Waals surface area contributed by atoms with Crippen molar-refractivity contribution in [3.8, 4) is 0 Å². The number of rotatable bonds is 8. The second-order valence-corrected chi connectivity index (χ2v) is 5.54. The van der Waals surface area contributed by atoms with Crippen LogP contribution >= 0.6 is 0 Å². The molecule has 19 heavy (non-hydrogen) atoms. The molecule has 0 unspecified atom stereocenters. The van der Waals surface area contributed by atoms with Gasteiger partial charge in [-0.1, -0.05) is 6.92 Å². The summed E-state index contributed by atoms with van der Waals surface area (Å²) in [5, 5.41) is 10.8. The molecule has 110 valence electrons. The normalized spacial score (nSPS) is 12.8. The largest absolute Gasteiger partial charge is 0.447 e. The van der Waals surface area contributed by atoms with Gasteiger partial charge in [-0.3, -0.25) is 0 Å². The van der Waals surface area contributed by atoms with Crippen molar-refractivity contribution in [3.05, 3.63) is 17.9 Å². The monoisotopic (exact) mass is 298 g/mol. The van der Waals surface area contributed by atoms with E-state index in [1.54, 1.807) is 4.72 Å². The van der Waals surface area contributed by atoms with E-state index in [0.29, 0.717) is 18.8 Å². The molecule has 0 spiro atoms. The van der Waals surface area contributed by atoms with Gasteiger partial charge in [0.2, 0.25) is 5.09 Å². The lowest BCUT2D eigenvalue weighted by Gasteiger charge is -2.13. The number of hydrogen-bond acceptors (Lipinski definition) is 5. The van der Waals surface area contributed by atoms with Crippen LogP contribution in [0.2, 0.25) is 0 Å². The number of sulfonamides is 1. The first-order valence-electron chi connectivity index (χ1n) is 5.58. The molecule has 3 N–H and O–H groups in total. The van der Waals surface area contributed by atoms with Crippen molar-refractivity contribution in [1.29, 1.82) is 0 Å². The number of alkyl halides is 2. The van der Waals surface area contributed by atoms with Crippen molar-refractivity contribution in [2.24, 2.45) is 0 Å². The van der Waals surface area contributed by atoms with Crippen molar-refractivity contribution in [1.82, 2.24) is 10.0 Å². The van der Waals surface area contributed by atoms with E-state index < -0.39 is 34.2 Å². The molecule has 0 aliphatic rings. The molecule has 0 aromatic carbocycles. The maximum atomic E-state index is 12.8. The average Bonchev–Trinajstić information content (AvgIpc) is 2.84. The smallest absolute Gasteiger partial charge is 0.283 e.